The third-order valence-corrected chi connectivity index (χ3v) is 4.42. The molecule has 0 heterocycles. The molecule has 0 aromatic heterocycles. The fourth-order valence-corrected chi connectivity index (χ4v) is 2.75. The van der Waals surface area contributed by atoms with E-state index in [1.807, 2.05) is 0 Å². The second-order valence-electron chi connectivity index (χ2n) is 4.89. The summed E-state index contributed by atoms with van der Waals surface area (Å²) in [7, 11) is -10.1. The molecule has 10 nitrogen and oxygen atoms in total. The zero-order valence-electron chi connectivity index (χ0n) is 14.0. The molecule has 13 heteroatoms. The van der Waals surface area contributed by atoms with Crippen molar-refractivity contribution in [3.8, 4) is 0 Å². The van der Waals surface area contributed by atoms with Gasteiger partial charge in [-0.15, -0.1) is 0 Å². The first-order valence-corrected chi connectivity index (χ1v) is 9.84. The Bertz CT molecular complexity index is 1050. The molecule has 0 aliphatic heterocycles. The average Bonchev–Trinajstić information content (AvgIpc) is 2.65. The van der Waals surface area contributed by atoms with E-state index in [0.29, 0.717) is 12.6 Å². The van der Waals surface area contributed by atoms with Gasteiger partial charge in [0.25, 0.3) is 10.2 Å². The Balaban J connectivity index is 0.000000523. The van der Waals surface area contributed by atoms with Crippen LogP contribution in [0.15, 0.2) is 48.5 Å². The molecular weight excluding hydrogens is 480 g/mol. The van der Waals surface area contributed by atoms with Crippen molar-refractivity contribution in [1.82, 2.24) is 0 Å². The maximum Gasteiger partial charge on any atom is 2.00 e. The van der Waals surface area contributed by atoms with E-state index in [-0.39, 0.29) is 28.2 Å². The number of carbonyl (C=O) groups is 4. The van der Waals surface area contributed by atoms with Crippen molar-refractivity contribution in [2.45, 2.75) is 0 Å². The predicted octanol–water partition coefficient (Wildman–Crippen LogP) is 0.367. The first kappa shape index (κ1) is 26.5. The topological polar surface area (TPSA) is 183 Å². The van der Waals surface area contributed by atoms with Crippen LogP contribution < -0.4 is 0 Å². The summed E-state index contributed by atoms with van der Waals surface area (Å²) in [6.07, 6.45) is 0.636. The second kappa shape index (κ2) is 10.9. The van der Waals surface area contributed by atoms with Crippen molar-refractivity contribution >= 4 is 43.0 Å². The first-order chi connectivity index (χ1) is 12.9. The van der Waals surface area contributed by atoms with Gasteiger partial charge in [0.1, 0.15) is 0 Å². The van der Waals surface area contributed by atoms with E-state index in [4.69, 9.17) is 0 Å². The van der Waals surface area contributed by atoms with Gasteiger partial charge in [-0.25, -0.2) is 16.8 Å². The van der Waals surface area contributed by atoms with E-state index in [9.17, 15) is 45.1 Å². The van der Waals surface area contributed by atoms with Gasteiger partial charge in [0.15, 0.2) is 32.8 Å². The minimum atomic E-state index is -5.04. The molecule has 2 aromatic carbocycles. The van der Waals surface area contributed by atoms with Gasteiger partial charge in [-0.05, 0) is 12.1 Å². The summed E-state index contributed by atoms with van der Waals surface area (Å²) in [6, 6.07) is 10.4. The van der Waals surface area contributed by atoms with E-state index >= 15 is 0 Å². The summed E-state index contributed by atoms with van der Waals surface area (Å²) in [5.41, 5.74) is -1.01. The summed E-state index contributed by atoms with van der Waals surface area (Å²) in [5.74, 6) is 0. The van der Waals surface area contributed by atoms with Crippen LogP contribution in [0.2, 0.25) is 0 Å². The van der Waals surface area contributed by atoms with Crippen LogP contribution in [-0.4, -0.2) is 48.7 Å². The van der Waals surface area contributed by atoms with Crippen LogP contribution in [-0.2, 0) is 37.3 Å². The van der Waals surface area contributed by atoms with Crippen LogP contribution in [0, 0.1) is 0 Å². The average molecular weight is 490 g/mol. The van der Waals surface area contributed by atoms with Crippen molar-refractivity contribution in [2.24, 2.45) is 0 Å². The summed E-state index contributed by atoms with van der Waals surface area (Å²) >= 11 is 0. The van der Waals surface area contributed by atoms with Crippen molar-refractivity contribution in [3.63, 3.8) is 0 Å². The zero-order chi connectivity index (χ0) is 21.5. The molecule has 0 aliphatic rings. The van der Waals surface area contributed by atoms with Gasteiger partial charge >= 0.3 is 17.1 Å². The van der Waals surface area contributed by atoms with Crippen LogP contribution >= 0.6 is 0 Å². The van der Waals surface area contributed by atoms with E-state index in [0.717, 1.165) is 12.1 Å². The number of benzene rings is 2. The monoisotopic (exact) mass is 489 g/mol. The van der Waals surface area contributed by atoms with Gasteiger partial charge in [0.05, 0.1) is 0 Å². The Morgan fingerprint density at radius 2 is 0.931 bits per heavy atom. The molecule has 2 aromatic rings. The fourth-order valence-electron chi connectivity index (χ4n) is 1.84. The second-order valence-corrected chi connectivity index (χ2v) is 7.45. The van der Waals surface area contributed by atoms with E-state index in [2.05, 4.69) is 0 Å². The molecule has 0 atom stereocenters. The Hall–Kier alpha value is -2.54. The van der Waals surface area contributed by atoms with Crippen molar-refractivity contribution in [3.05, 3.63) is 70.8 Å². The van der Waals surface area contributed by atoms with Crippen molar-refractivity contribution in [1.29, 1.82) is 0 Å². The Morgan fingerprint density at radius 1 is 0.655 bits per heavy atom. The zero-order valence-corrected chi connectivity index (χ0v) is 16.5. The SMILES string of the molecule is O=Cc1ccccc1C(=O)S(=O)(=O)[O-].O=Cc1ccccc1C(=O)S(=O)(=O)[O-].[Cu+2]. The van der Waals surface area contributed by atoms with Crippen LogP contribution in [0.3, 0.4) is 0 Å². The van der Waals surface area contributed by atoms with E-state index in [1.54, 1.807) is 0 Å². The smallest absolute Gasteiger partial charge is 0.742 e. The van der Waals surface area contributed by atoms with E-state index in [1.165, 1.54) is 36.4 Å². The normalized spacial score (nSPS) is 10.6. The third-order valence-electron chi connectivity index (χ3n) is 3.07. The summed E-state index contributed by atoms with van der Waals surface area (Å²) in [4.78, 5) is 42.8. The molecule has 0 bridgehead atoms. The van der Waals surface area contributed by atoms with Gasteiger partial charge in [0.2, 0.25) is 0 Å². The summed E-state index contributed by atoms with van der Waals surface area (Å²) in [6.45, 7) is 0. The van der Waals surface area contributed by atoms with Crippen LogP contribution in [0.5, 0.6) is 0 Å². The van der Waals surface area contributed by atoms with Crippen molar-refractivity contribution < 1.29 is 62.2 Å². The number of rotatable bonds is 4. The Kier molecular flexibility index (Phi) is 9.90. The predicted molar refractivity (Wildman–Crippen MR) is 91.7 cm³/mol. The number of aldehydes is 2. The van der Waals surface area contributed by atoms with Gasteiger partial charge in [0, 0.05) is 22.3 Å². The minimum Gasteiger partial charge on any atom is -0.742 e. The van der Waals surface area contributed by atoms with Crippen LogP contribution in [0.1, 0.15) is 41.4 Å². The first-order valence-electron chi connectivity index (χ1n) is 7.02. The Morgan fingerprint density at radius 3 is 1.17 bits per heavy atom. The van der Waals surface area contributed by atoms with Crippen molar-refractivity contribution in [2.75, 3.05) is 0 Å². The summed E-state index contributed by atoms with van der Waals surface area (Å²) < 4.78 is 62.3. The Labute approximate surface area is 175 Å². The number of hydrogen-bond donors (Lipinski definition) is 0. The van der Waals surface area contributed by atoms with Gasteiger partial charge < -0.3 is 9.11 Å². The molecule has 0 saturated carbocycles. The molecular formula is C16H10CuO10S2. The van der Waals surface area contributed by atoms with Crippen LogP contribution in [0.4, 0.5) is 0 Å². The van der Waals surface area contributed by atoms with Gasteiger partial charge in [-0.2, -0.15) is 0 Å². The standard InChI is InChI=1S/2C8H6O5S.Cu/c2*9-5-6-3-1-2-4-7(6)8(10)14(11,12)13;/h2*1-5H,(H,11,12,13);/q;;+2/p-2. The molecule has 29 heavy (non-hydrogen) atoms. The van der Waals surface area contributed by atoms with E-state index < -0.39 is 41.6 Å². The van der Waals surface area contributed by atoms with Crippen LogP contribution in [0.25, 0.3) is 0 Å². The number of hydrogen-bond acceptors (Lipinski definition) is 10. The molecule has 0 unspecified atom stereocenters. The van der Waals surface area contributed by atoms with Gasteiger partial charge in [-0.1, -0.05) is 36.4 Å². The molecule has 0 saturated heterocycles. The molecule has 0 fully saturated rings. The fraction of sp³-hybridized carbons (Fsp3) is 0. The molecule has 2 rings (SSSR count). The molecule has 157 valence electrons. The molecule has 0 aliphatic carbocycles. The quantitative estimate of drug-likeness (QED) is 0.330. The molecule has 0 amide bonds. The maximum atomic E-state index is 11.0. The minimum absolute atomic E-state index is 0. The molecule has 1 radical (unpaired) electrons. The molecule has 0 N–H and O–H groups in total. The molecule has 0 spiro atoms. The number of carbonyl (C=O) groups excluding carboxylic acids is 4. The van der Waals surface area contributed by atoms with Gasteiger partial charge in [-0.3, -0.25) is 19.2 Å². The largest absolute Gasteiger partial charge is 2.00 e. The summed E-state index contributed by atoms with van der Waals surface area (Å²) in [5, 5.41) is -3.17. The maximum absolute atomic E-state index is 11.0. The third kappa shape index (κ3) is 7.42.